The van der Waals surface area contributed by atoms with Crippen molar-refractivity contribution in [2.24, 2.45) is 0 Å². The largest absolute Gasteiger partial charge is 0.356 e. The van der Waals surface area contributed by atoms with Crippen molar-refractivity contribution < 1.29 is 0 Å². The van der Waals surface area contributed by atoms with Crippen molar-refractivity contribution in [1.82, 2.24) is 14.9 Å². The van der Waals surface area contributed by atoms with Gasteiger partial charge in [0.1, 0.15) is 16.5 Å². The Labute approximate surface area is 186 Å². The second-order valence-electron chi connectivity index (χ2n) is 9.77. The summed E-state index contributed by atoms with van der Waals surface area (Å²) in [5.74, 6) is 2.77. The molecular formula is C25H38N4S. The third-order valence-electron chi connectivity index (χ3n) is 7.79. The molecule has 0 saturated carbocycles. The first kappa shape index (κ1) is 20.7. The minimum atomic E-state index is 0.431. The van der Waals surface area contributed by atoms with Crippen LogP contribution < -0.4 is 4.90 Å². The summed E-state index contributed by atoms with van der Waals surface area (Å²) in [6.45, 7) is 9.48. The molecule has 4 nitrogen and oxygen atoms in total. The molecule has 1 aliphatic carbocycles. The second-order valence-corrected chi connectivity index (χ2v) is 10.9. The summed E-state index contributed by atoms with van der Waals surface area (Å²) in [4.78, 5) is 18.6. The van der Waals surface area contributed by atoms with Crippen LogP contribution >= 0.6 is 11.3 Å². The molecule has 0 unspecified atom stereocenters. The van der Waals surface area contributed by atoms with E-state index in [1.807, 2.05) is 11.3 Å². The summed E-state index contributed by atoms with van der Waals surface area (Å²) in [6, 6.07) is 0.785. The molecule has 1 atom stereocenters. The van der Waals surface area contributed by atoms with Crippen LogP contribution in [-0.2, 0) is 12.8 Å². The smallest absolute Gasteiger partial charge is 0.141 e. The Bertz CT molecular complexity index is 862. The minimum absolute atomic E-state index is 0.431. The summed E-state index contributed by atoms with van der Waals surface area (Å²) in [5.41, 5.74) is 1.59. The highest BCUT2D eigenvalue weighted by molar-refractivity contribution is 7.19. The highest BCUT2D eigenvalue weighted by Gasteiger charge is 2.29. The monoisotopic (exact) mass is 426 g/mol. The lowest BCUT2D eigenvalue weighted by molar-refractivity contribution is 0.141. The Morgan fingerprint density at radius 2 is 1.67 bits per heavy atom. The molecule has 5 heteroatoms. The Morgan fingerprint density at radius 1 is 0.933 bits per heavy atom. The number of fused-ring (bicyclic) bond motifs is 3. The van der Waals surface area contributed by atoms with Crippen LogP contribution in [0.2, 0.25) is 0 Å². The first-order chi connectivity index (χ1) is 14.7. The first-order valence-electron chi connectivity index (χ1n) is 12.6. The predicted octanol–water partition coefficient (Wildman–Crippen LogP) is 5.93. The molecule has 0 amide bonds. The number of hydrogen-bond acceptors (Lipinski definition) is 5. The fraction of sp³-hybridized carbons (Fsp3) is 0.760. The molecule has 3 aliphatic rings. The van der Waals surface area contributed by atoms with Gasteiger partial charge >= 0.3 is 0 Å². The van der Waals surface area contributed by atoms with Crippen LogP contribution in [0.4, 0.5) is 5.82 Å². The quantitative estimate of drug-likeness (QED) is 0.567. The van der Waals surface area contributed by atoms with Crippen molar-refractivity contribution >= 4 is 27.4 Å². The van der Waals surface area contributed by atoms with Gasteiger partial charge in [0.15, 0.2) is 0 Å². The van der Waals surface area contributed by atoms with Crippen LogP contribution in [-0.4, -0.2) is 47.1 Å². The third-order valence-corrected chi connectivity index (χ3v) is 8.97. The lowest BCUT2D eigenvalue weighted by Crippen LogP contribution is -2.47. The molecule has 0 radical (unpaired) electrons. The van der Waals surface area contributed by atoms with E-state index in [0.29, 0.717) is 5.92 Å². The molecule has 2 saturated heterocycles. The summed E-state index contributed by atoms with van der Waals surface area (Å²) < 4.78 is 0. The van der Waals surface area contributed by atoms with Gasteiger partial charge in [0.25, 0.3) is 0 Å². The van der Waals surface area contributed by atoms with Gasteiger partial charge in [-0.05, 0) is 76.4 Å². The number of piperidine rings is 2. The lowest BCUT2D eigenvalue weighted by atomic mass is 9.99. The SMILES string of the molecule is CC[C@@H](C)c1nc(N2CCC(N3CCCCC3)CC2)c2c3c(sc2n1)CCCCC3. The standard InChI is InChI=1S/C25H38N4S/c1-3-18(2)23-26-24(22-20-10-6-4-7-11-21(20)30-25(22)27-23)29-16-12-19(13-17-29)28-14-8-5-9-15-28/h18-19H,3-17H2,1-2H3/t18-/m1/s1. The van der Waals surface area contributed by atoms with Crippen molar-refractivity contribution in [2.75, 3.05) is 31.1 Å². The predicted molar refractivity (Wildman–Crippen MR) is 128 cm³/mol. The van der Waals surface area contributed by atoms with Gasteiger partial charge in [0.2, 0.25) is 0 Å². The van der Waals surface area contributed by atoms with Gasteiger partial charge < -0.3 is 9.80 Å². The average Bonchev–Trinajstić information content (AvgIpc) is 2.99. The maximum absolute atomic E-state index is 5.25. The normalized spacial score (nSPS) is 22.8. The maximum Gasteiger partial charge on any atom is 0.141 e. The number of rotatable bonds is 4. The number of anilines is 1. The topological polar surface area (TPSA) is 32.3 Å². The van der Waals surface area contributed by atoms with Crippen molar-refractivity contribution in [1.29, 1.82) is 0 Å². The molecule has 0 bridgehead atoms. The van der Waals surface area contributed by atoms with Crippen molar-refractivity contribution in [3.05, 3.63) is 16.3 Å². The Balaban J connectivity index is 1.47. The average molecular weight is 427 g/mol. The molecule has 0 aromatic carbocycles. The van der Waals surface area contributed by atoms with E-state index >= 15 is 0 Å². The zero-order chi connectivity index (χ0) is 20.5. The van der Waals surface area contributed by atoms with Gasteiger partial charge in [-0.3, -0.25) is 0 Å². The molecule has 2 aromatic rings. The first-order valence-corrected chi connectivity index (χ1v) is 13.4. The molecule has 0 spiro atoms. The third kappa shape index (κ3) is 4.00. The van der Waals surface area contributed by atoms with E-state index in [0.717, 1.165) is 31.4 Å². The van der Waals surface area contributed by atoms with Gasteiger partial charge in [-0.1, -0.05) is 26.7 Å². The van der Waals surface area contributed by atoms with Gasteiger partial charge in [0, 0.05) is 29.9 Å². The van der Waals surface area contributed by atoms with Gasteiger partial charge in [-0.2, -0.15) is 0 Å². The van der Waals surface area contributed by atoms with Crippen molar-refractivity contribution in [3.63, 3.8) is 0 Å². The molecule has 4 heterocycles. The molecule has 2 fully saturated rings. The van der Waals surface area contributed by atoms with E-state index in [2.05, 4.69) is 23.6 Å². The molecule has 30 heavy (non-hydrogen) atoms. The maximum atomic E-state index is 5.25. The molecule has 164 valence electrons. The number of likely N-dealkylation sites (tertiary alicyclic amines) is 1. The zero-order valence-electron chi connectivity index (χ0n) is 19.0. The number of aromatic nitrogens is 2. The van der Waals surface area contributed by atoms with Crippen LogP contribution in [0.25, 0.3) is 10.2 Å². The van der Waals surface area contributed by atoms with Gasteiger partial charge in [0.05, 0.1) is 5.39 Å². The van der Waals surface area contributed by atoms with E-state index in [-0.39, 0.29) is 0 Å². The Hall–Kier alpha value is -1.20. The lowest BCUT2D eigenvalue weighted by Gasteiger charge is -2.40. The molecule has 2 aliphatic heterocycles. The van der Waals surface area contributed by atoms with Crippen LogP contribution in [0, 0.1) is 0 Å². The Morgan fingerprint density at radius 3 is 2.43 bits per heavy atom. The van der Waals surface area contributed by atoms with E-state index in [4.69, 9.17) is 9.97 Å². The Kier molecular flexibility index (Phi) is 6.29. The summed E-state index contributed by atoms with van der Waals surface area (Å²) >= 11 is 1.97. The minimum Gasteiger partial charge on any atom is -0.356 e. The van der Waals surface area contributed by atoms with Gasteiger partial charge in [-0.25, -0.2) is 9.97 Å². The molecule has 0 N–H and O–H groups in total. The van der Waals surface area contributed by atoms with E-state index < -0.39 is 0 Å². The van der Waals surface area contributed by atoms with E-state index in [9.17, 15) is 0 Å². The number of aryl methyl sites for hydroxylation is 2. The van der Waals surface area contributed by atoms with Crippen LogP contribution in [0.3, 0.4) is 0 Å². The number of thiophene rings is 1. The summed E-state index contributed by atoms with van der Waals surface area (Å²) in [6.07, 6.45) is 14.4. The molecule has 5 rings (SSSR count). The van der Waals surface area contributed by atoms with Crippen LogP contribution in [0.15, 0.2) is 0 Å². The van der Waals surface area contributed by atoms with Gasteiger partial charge in [-0.15, -0.1) is 11.3 Å². The fourth-order valence-corrected chi connectivity index (χ4v) is 6.95. The van der Waals surface area contributed by atoms with Crippen molar-refractivity contribution in [2.45, 2.75) is 96.4 Å². The summed E-state index contributed by atoms with van der Waals surface area (Å²) in [7, 11) is 0. The van der Waals surface area contributed by atoms with E-state index in [1.54, 1.807) is 10.4 Å². The highest BCUT2D eigenvalue weighted by Crippen LogP contribution is 2.40. The summed E-state index contributed by atoms with van der Waals surface area (Å²) in [5, 5.41) is 1.42. The number of nitrogens with zero attached hydrogens (tertiary/aromatic N) is 4. The molecular weight excluding hydrogens is 388 g/mol. The fourth-order valence-electron chi connectivity index (χ4n) is 5.69. The molecule has 2 aromatic heterocycles. The van der Waals surface area contributed by atoms with E-state index in [1.165, 1.54) is 93.3 Å². The van der Waals surface area contributed by atoms with Crippen molar-refractivity contribution in [3.8, 4) is 0 Å². The second kappa shape index (κ2) is 9.12. The zero-order valence-corrected chi connectivity index (χ0v) is 19.8. The highest BCUT2D eigenvalue weighted by atomic mass is 32.1. The van der Waals surface area contributed by atoms with Crippen LogP contribution in [0.5, 0.6) is 0 Å². The number of hydrogen-bond donors (Lipinski definition) is 0. The van der Waals surface area contributed by atoms with Crippen LogP contribution in [0.1, 0.15) is 93.8 Å².